The van der Waals surface area contributed by atoms with Crippen LogP contribution in [0.25, 0.3) is 11.1 Å². The largest absolute Gasteiger partial charge is 0.493 e. The Bertz CT molecular complexity index is 1340. The maximum atomic E-state index is 13.2. The molecule has 0 amide bonds. The van der Waals surface area contributed by atoms with Crippen LogP contribution in [0.2, 0.25) is 0 Å². The van der Waals surface area contributed by atoms with Gasteiger partial charge in [-0.3, -0.25) is 9.78 Å². The Morgan fingerprint density at radius 1 is 1.02 bits per heavy atom. The topological polar surface area (TPSA) is 60.9 Å². The van der Waals surface area contributed by atoms with E-state index in [2.05, 4.69) is 17.0 Å². The van der Waals surface area contributed by atoms with E-state index >= 15 is 0 Å². The number of aromatic nitrogens is 1. The van der Waals surface area contributed by atoms with Gasteiger partial charge in [-0.05, 0) is 88.8 Å². The van der Waals surface area contributed by atoms with Crippen molar-refractivity contribution in [1.82, 2.24) is 4.98 Å². The average Bonchev–Trinajstić information content (AvgIpc) is 3.39. The van der Waals surface area contributed by atoms with E-state index in [1.165, 1.54) is 12.1 Å². The molecule has 2 fully saturated rings. The summed E-state index contributed by atoms with van der Waals surface area (Å²) in [5, 5.41) is 0. The Hall–Kier alpha value is -3.45. The van der Waals surface area contributed by atoms with Crippen molar-refractivity contribution in [2.75, 3.05) is 31.2 Å². The summed E-state index contributed by atoms with van der Waals surface area (Å²) in [6.07, 6.45) is 4.91. The van der Waals surface area contributed by atoms with Gasteiger partial charge in [0.05, 0.1) is 30.4 Å². The first-order valence-electron chi connectivity index (χ1n) is 14.8. The second-order valence-corrected chi connectivity index (χ2v) is 11.6. The lowest BCUT2D eigenvalue weighted by Gasteiger charge is -2.41. The van der Waals surface area contributed by atoms with E-state index in [0.717, 1.165) is 90.5 Å². The summed E-state index contributed by atoms with van der Waals surface area (Å²) in [6.45, 7) is 10.9. The van der Waals surface area contributed by atoms with Crippen LogP contribution in [0, 0.1) is 19.7 Å². The second kappa shape index (κ2) is 12.6. The molecular weight excluding hydrogens is 519 g/mol. The molecule has 2 aliphatic heterocycles. The first kappa shape index (κ1) is 29.1. The number of hydrogen-bond acceptors (Lipinski definition) is 6. The zero-order chi connectivity index (χ0) is 29.0. The number of pyridine rings is 1. The summed E-state index contributed by atoms with van der Waals surface area (Å²) in [5.74, 6) is 0.300. The Morgan fingerprint density at radius 3 is 2.37 bits per heavy atom. The lowest BCUT2D eigenvalue weighted by molar-refractivity contribution is -0.146. The summed E-state index contributed by atoms with van der Waals surface area (Å²) in [4.78, 5) is 20.2. The monoisotopic (exact) mass is 560 g/mol. The molecule has 0 aliphatic carbocycles. The molecule has 6 nitrogen and oxygen atoms in total. The van der Waals surface area contributed by atoms with E-state index in [4.69, 9.17) is 19.2 Å². The van der Waals surface area contributed by atoms with Gasteiger partial charge in [0, 0.05) is 48.6 Å². The fraction of sp³-hybridized carbons (Fsp3) is 0.471. The molecule has 41 heavy (non-hydrogen) atoms. The van der Waals surface area contributed by atoms with Crippen molar-refractivity contribution in [3.8, 4) is 16.9 Å². The highest BCUT2D eigenvalue weighted by molar-refractivity contribution is 5.87. The Morgan fingerprint density at radius 2 is 1.73 bits per heavy atom. The van der Waals surface area contributed by atoms with Crippen molar-refractivity contribution >= 4 is 11.7 Å². The first-order valence-corrected chi connectivity index (χ1v) is 14.8. The van der Waals surface area contributed by atoms with Crippen LogP contribution in [-0.2, 0) is 27.1 Å². The maximum Gasteiger partial charge on any atom is 0.310 e. The van der Waals surface area contributed by atoms with Crippen LogP contribution < -0.4 is 9.64 Å². The highest BCUT2D eigenvalue weighted by Crippen LogP contribution is 2.43. The number of hydrogen-bond donors (Lipinski definition) is 0. The van der Waals surface area contributed by atoms with E-state index in [9.17, 15) is 9.18 Å². The Balaban J connectivity index is 1.42. The van der Waals surface area contributed by atoms with Crippen LogP contribution in [0.3, 0.4) is 0 Å². The van der Waals surface area contributed by atoms with Gasteiger partial charge in [-0.2, -0.15) is 0 Å². The van der Waals surface area contributed by atoms with Crippen molar-refractivity contribution in [3.63, 3.8) is 0 Å². The minimum Gasteiger partial charge on any atom is -0.493 e. The lowest BCUT2D eigenvalue weighted by atomic mass is 9.87. The molecule has 2 aromatic carbocycles. The summed E-state index contributed by atoms with van der Waals surface area (Å²) < 4.78 is 30.9. The number of rotatable bonds is 9. The molecular formula is C34H41FN2O4. The molecule has 0 bridgehead atoms. The predicted octanol–water partition coefficient (Wildman–Crippen LogP) is 6.77. The average molecular weight is 561 g/mol. The lowest BCUT2D eigenvalue weighted by Crippen LogP contribution is -2.44. The van der Waals surface area contributed by atoms with E-state index in [0.29, 0.717) is 13.0 Å². The second-order valence-electron chi connectivity index (χ2n) is 11.6. The fourth-order valence-corrected chi connectivity index (χ4v) is 6.17. The molecule has 0 saturated carbocycles. The fourth-order valence-electron chi connectivity index (χ4n) is 6.17. The van der Waals surface area contributed by atoms with Crippen LogP contribution in [0.5, 0.6) is 5.75 Å². The van der Waals surface area contributed by atoms with Crippen molar-refractivity contribution in [2.45, 2.75) is 77.9 Å². The number of halogens is 1. The van der Waals surface area contributed by atoms with Gasteiger partial charge in [-0.15, -0.1) is 0 Å². The minimum atomic E-state index is -0.238. The van der Waals surface area contributed by atoms with Crippen LogP contribution in [0.4, 0.5) is 10.1 Å². The molecule has 0 atom stereocenters. The number of piperidine rings is 1. The smallest absolute Gasteiger partial charge is 0.310 e. The number of ether oxygens (including phenoxy) is 3. The molecule has 1 aromatic heterocycles. The summed E-state index contributed by atoms with van der Waals surface area (Å²) in [6, 6.07) is 14.6. The third-order valence-electron chi connectivity index (χ3n) is 8.24. The third kappa shape index (κ3) is 6.89. The quantitative estimate of drug-likeness (QED) is 0.269. The maximum absolute atomic E-state index is 13.2. The summed E-state index contributed by atoms with van der Waals surface area (Å²) in [7, 11) is 0. The molecule has 0 unspecified atom stereocenters. The molecule has 3 heterocycles. The molecule has 3 aromatic rings. The van der Waals surface area contributed by atoms with Gasteiger partial charge in [0.25, 0.3) is 0 Å². The Labute approximate surface area is 242 Å². The van der Waals surface area contributed by atoms with Crippen LogP contribution in [0.1, 0.15) is 62.0 Å². The van der Waals surface area contributed by atoms with Gasteiger partial charge in [-0.25, -0.2) is 4.39 Å². The van der Waals surface area contributed by atoms with E-state index in [1.807, 2.05) is 39.8 Å². The number of anilines is 1. The van der Waals surface area contributed by atoms with E-state index in [-0.39, 0.29) is 29.9 Å². The summed E-state index contributed by atoms with van der Waals surface area (Å²) >= 11 is 0. The number of esters is 1. The SMILES string of the molecule is Cc1nc(C)c(-c2ccc(OCCc3ccc(F)cc3)cc2)c(N2CCC3(CCCO3)CC2)c1CC(=O)OC(C)C. The van der Waals surface area contributed by atoms with E-state index in [1.54, 1.807) is 12.1 Å². The van der Waals surface area contributed by atoms with Gasteiger partial charge in [0.1, 0.15) is 11.6 Å². The van der Waals surface area contributed by atoms with Crippen molar-refractivity contribution in [3.05, 3.63) is 76.9 Å². The molecule has 5 rings (SSSR count). The van der Waals surface area contributed by atoms with Crippen LogP contribution >= 0.6 is 0 Å². The zero-order valence-electron chi connectivity index (χ0n) is 24.7. The molecule has 2 saturated heterocycles. The number of carbonyl (C=O) groups excluding carboxylic acids is 1. The number of nitrogens with zero attached hydrogens (tertiary/aromatic N) is 2. The zero-order valence-corrected chi connectivity index (χ0v) is 24.7. The highest BCUT2D eigenvalue weighted by Gasteiger charge is 2.39. The molecule has 7 heteroatoms. The van der Waals surface area contributed by atoms with Crippen LogP contribution in [-0.4, -0.2) is 49.0 Å². The Kier molecular flexibility index (Phi) is 8.93. The van der Waals surface area contributed by atoms with Gasteiger partial charge >= 0.3 is 5.97 Å². The van der Waals surface area contributed by atoms with Crippen molar-refractivity contribution < 1.29 is 23.4 Å². The predicted molar refractivity (Wildman–Crippen MR) is 159 cm³/mol. The number of aryl methyl sites for hydroxylation is 2. The standard InChI is InChI=1S/C34H41FN2O4/c1-23(2)41-31(38)22-30-24(3)36-25(4)32(33(30)37-18-16-34(17-19-37)15-5-20-40-34)27-8-12-29(13-9-27)39-21-14-26-6-10-28(35)11-7-26/h6-13,23H,5,14-22H2,1-4H3. The van der Waals surface area contributed by atoms with Gasteiger partial charge in [0.2, 0.25) is 0 Å². The summed E-state index contributed by atoms with van der Waals surface area (Å²) in [5.41, 5.74) is 6.91. The molecule has 1 spiro atoms. The number of benzene rings is 2. The highest BCUT2D eigenvalue weighted by atomic mass is 19.1. The van der Waals surface area contributed by atoms with Gasteiger partial charge in [-0.1, -0.05) is 24.3 Å². The van der Waals surface area contributed by atoms with Crippen molar-refractivity contribution in [1.29, 1.82) is 0 Å². The van der Waals surface area contributed by atoms with Gasteiger partial charge in [0.15, 0.2) is 0 Å². The molecule has 2 aliphatic rings. The van der Waals surface area contributed by atoms with Crippen LogP contribution in [0.15, 0.2) is 48.5 Å². The van der Waals surface area contributed by atoms with E-state index < -0.39 is 0 Å². The van der Waals surface area contributed by atoms with Crippen molar-refractivity contribution in [2.24, 2.45) is 0 Å². The normalized spacial score (nSPS) is 16.4. The van der Waals surface area contributed by atoms with Gasteiger partial charge < -0.3 is 19.1 Å². The molecule has 218 valence electrons. The third-order valence-corrected chi connectivity index (χ3v) is 8.24. The minimum absolute atomic E-state index is 0.00256. The molecule has 0 radical (unpaired) electrons. The molecule has 0 N–H and O–H groups in total. The number of carbonyl (C=O) groups is 1. The first-order chi connectivity index (χ1) is 19.7.